The lowest BCUT2D eigenvalue weighted by atomic mass is 10.5. The number of nitrogens with two attached hydrogens (primary N) is 1. The number of ether oxygens (including phenoxy) is 1. The quantitative estimate of drug-likeness (QED) is 0.736. The summed E-state index contributed by atoms with van der Waals surface area (Å²) in [6.45, 7) is 3.01. The van der Waals surface area contributed by atoms with Gasteiger partial charge in [-0.1, -0.05) is 0 Å². The Morgan fingerprint density at radius 2 is 2.11 bits per heavy atom. The van der Waals surface area contributed by atoms with E-state index in [1.165, 1.54) is 11.7 Å². The van der Waals surface area contributed by atoms with Crippen molar-refractivity contribution in [1.82, 2.24) is 19.1 Å². The first-order valence-electron chi connectivity index (χ1n) is 5.58. The van der Waals surface area contributed by atoms with Gasteiger partial charge in [-0.05, 0) is 6.92 Å². The highest BCUT2D eigenvalue weighted by molar-refractivity contribution is 5.73. The molecule has 0 aromatic carbocycles. The van der Waals surface area contributed by atoms with Gasteiger partial charge in [0.25, 0.3) is 5.56 Å². The Labute approximate surface area is 102 Å². The molecule has 0 bridgehead atoms. The highest BCUT2D eigenvalue weighted by atomic mass is 16.5. The van der Waals surface area contributed by atoms with Crippen molar-refractivity contribution < 1.29 is 4.74 Å². The molecule has 0 aliphatic carbocycles. The summed E-state index contributed by atoms with van der Waals surface area (Å²) in [6, 6.07) is 0. The van der Waals surface area contributed by atoms with Gasteiger partial charge in [-0.2, -0.15) is 4.98 Å². The average molecular weight is 253 g/mol. The fourth-order valence-electron chi connectivity index (χ4n) is 1.90. The van der Waals surface area contributed by atoms with Crippen molar-refractivity contribution >= 4 is 17.1 Å². The zero-order valence-electron chi connectivity index (χ0n) is 10.3. The van der Waals surface area contributed by atoms with E-state index in [-0.39, 0.29) is 5.95 Å². The molecule has 2 aromatic heterocycles. The lowest BCUT2D eigenvalue weighted by molar-refractivity contribution is 0.187. The van der Waals surface area contributed by atoms with Crippen molar-refractivity contribution in [3.05, 3.63) is 20.8 Å². The minimum Gasteiger partial charge on any atom is -0.383 e. The van der Waals surface area contributed by atoms with Crippen LogP contribution in [0.25, 0.3) is 11.2 Å². The monoisotopic (exact) mass is 253 g/mol. The van der Waals surface area contributed by atoms with Crippen LogP contribution in [0.4, 0.5) is 5.95 Å². The van der Waals surface area contributed by atoms with E-state index >= 15 is 0 Å². The maximum atomic E-state index is 11.8. The van der Waals surface area contributed by atoms with Gasteiger partial charge in [-0.15, -0.1) is 0 Å². The Hall–Kier alpha value is -2.09. The first-order valence-corrected chi connectivity index (χ1v) is 5.58. The zero-order chi connectivity index (χ0) is 13.3. The van der Waals surface area contributed by atoms with E-state index < -0.39 is 11.2 Å². The third-order valence-electron chi connectivity index (χ3n) is 2.75. The standard InChI is InChI=1S/C10H15N5O3/c1-3-14-6-7(12-9(14)11)15(4-5-18-2)10(17)13-8(6)16/h3-5H2,1-2H3,(H2,11,12)(H,13,16,17). The van der Waals surface area contributed by atoms with Gasteiger partial charge < -0.3 is 15.0 Å². The van der Waals surface area contributed by atoms with Crippen molar-refractivity contribution in [2.45, 2.75) is 20.0 Å². The molecule has 0 aliphatic heterocycles. The van der Waals surface area contributed by atoms with Crippen LogP contribution in [0.5, 0.6) is 0 Å². The van der Waals surface area contributed by atoms with Gasteiger partial charge in [0.15, 0.2) is 11.2 Å². The number of methoxy groups -OCH3 is 1. The number of imidazole rings is 1. The fraction of sp³-hybridized carbons (Fsp3) is 0.500. The molecule has 0 unspecified atom stereocenters. The van der Waals surface area contributed by atoms with E-state index in [4.69, 9.17) is 10.5 Å². The molecule has 0 aliphatic rings. The average Bonchev–Trinajstić information content (AvgIpc) is 2.66. The molecule has 0 spiro atoms. The summed E-state index contributed by atoms with van der Waals surface area (Å²) in [7, 11) is 1.53. The number of aromatic nitrogens is 4. The SMILES string of the molecule is CCn1c(N)nc2c1c(=O)[nH]c(=O)n2CCOC. The summed E-state index contributed by atoms with van der Waals surface area (Å²) in [4.78, 5) is 29.9. The second-order valence-corrected chi connectivity index (χ2v) is 3.79. The molecule has 0 fully saturated rings. The summed E-state index contributed by atoms with van der Waals surface area (Å²) in [6.07, 6.45) is 0. The minimum atomic E-state index is -0.509. The Kier molecular flexibility index (Phi) is 3.19. The van der Waals surface area contributed by atoms with Crippen LogP contribution in [-0.4, -0.2) is 32.8 Å². The number of nitrogen functional groups attached to an aromatic ring is 1. The summed E-state index contributed by atoms with van der Waals surface area (Å²) < 4.78 is 7.84. The number of aryl methyl sites for hydroxylation is 1. The van der Waals surface area contributed by atoms with Crippen LogP contribution < -0.4 is 17.0 Å². The van der Waals surface area contributed by atoms with Gasteiger partial charge in [0.1, 0.15) is 0 Å². The maximum Gasteiger partial charge on any atom is 0.330 e. The number of nitrogens with one attached hydrogen (secondary N) is 1. The molecule has 18 heavy (non-hydrogen) atoms. The fourth-order valence-corrected chi connectivity index (χ4v) is 1.90. The largest absolute Gasteiger partial charge is 0.383 e. The van der Waals surface area contributed by atoms with E-state index in [2.05, 4.69) is 9.97 Å². The number of anilines is 1. The van der Waals surface area contributed by atoms with Crippen LogP contribution in [0.2, 0.25) is 0 Å². The summed E-state index contributed by atoms with van der Waals surface area (Å²) in [5.74, 6) is 0.217. The van der Waals surface area contributed by atoms with Gasteiger partial charge in [0, 0.05) is 13.7 Å². The van der Waals surface area contributed by atoms with Gasteiger partial charge in [0.2, 0.25) is 5.95 Å². The van der Waals surface area contributed by atoms with Crippen molar-refractivity contribution in [2.24, 2.45) is 0 Å². The lowest BCUT2D eigenvalue weighted by Crippen LogP contribution is -2.32. The Bertz CT molecular complexity index is 681. The molecule has 2 aromatic rings. The Morgan fingerprint density at radius 3 is 2.72 bits per heavy atom. The number of hydrogen-bond donors (Lipinski definition) is 2. The number of rotatable bonds is 4. The van der Waals surface area contributed by atoms with Crippen LogP contribution in [-0.2, 0) is 17.8 Å². The number of hydrogen-bond acceptors (Lipinski definition) is 5. The van der Waals surface area contributed by atoms with Crippen molar-refractivity contribution in [3.63, 3.8) is 0 Å². The topological polar surface area (TPSA) is 108 Å². The van der Waals surface area contributed by atoms with E-state index in [9.17, 15) is 9.59 Å². The second kappa shape index (κ2) is 4.65. The predicted octanol–water partition coefficient (Wildman–Crippen LogP) is -0.865. The molecule has 2 rings (SSSR count). The molecule has 8 nitrogen and oxygen atoms in total. The van der Waals surface area contributed by atoms with Crippen LogP contribution in [0.15, 0.2) is 9.59 Å². The van der Waals surface area contributed by atoms with Crippen LogP contribution in [0, 0.1) is 0 Å². The molecular formula is C10H15N5O3. The summed E-state index contributed by atoms with van der Waals surface area (Å²) in [5.41, 5.74) is 5.35. The molecule has 2 heterocycles. The molecule has 0 saturated heterocycles. The van der Waals surface area contributed by atoms with Gasteiger partial charge >= 0.3 is 5.69 Å². The van der Waals surface area contributed by atoms with E-state index in [1.807, 2.05) is 6.92 Å². The van der Waals surface area contributed by atoms with E-state index in [0.29, 0.717) is 30.9 Å². The van der Waals surface area contributed by atoms with Crippen molar-refractivity contribution in [1.29, 1.82) is 0 Å². The van der Waals surface area contributed by atoms with Gasteiger partial charge in [-0.3, -0.25) is 14.3 Å². The van der Waals surface area contributed by atoms with Crippen LogP contribution >= 0.6 is 0 Å². The molecule has 0 amide bonds. The highest BCUT2D eigenvalue weighted by Crippen LogP contribution is 2.12. The predicted molar refractivity (Wildman–Crippen MR) is 66.6 cm³/mol. The number of H-pyrrole nitrogens is 1. The first kappa shape index (κ1) is 12.4. The molecule has 0 atom stereocenters. The smallest absolute Gasteiger partial charge is 0.330 e. The van der Waals surface area contributed by atoms with Crippen molar-refractivity contribution in [3.8, 4) is 0 Å². The molecular weight excluding hydrogens is 238 g/mol. The summed E-state index contributed by atoms with van der Waals surface area (Å²) >= 11 is 0. The van der Waals surface area contributed by atoms with Crippen LogP contribution in [0.3, 0.4) is 0 Å². The lowest BCUT2D eigenvalue weighted by Gasteiger charge is -2.05. The summed E-state index contributed by atoms with van der Waals surface area (Å²) in [5, 5.41) is 0. The third kappa shape index (κ3) is 1.80. The normalized spacial score (nSPS) is 11.2. The van der Waals surface area contributed by atoms with Gasteiger partial charge in [-0.25, -0.2) is 4.79 Å². The minimum absolute atomic E-state index is 0.217. The molecule has 0 saturated carbocycles. The van der Waals surface area contributed by atoms with Gasteiger partial charge in [0.05, 0.1) is 13.2 Å². The highest BCUT2D eigenvalue weighted by Gasteiger charge is 2.15. The number of nitrogens with zero attached hydrogens (tertiary/aromatic N) is 3. The van der Waals surface area contributed by atoms with Crippen molar-refractivity contribution in [2.75, 3.05) is 19.5 Å². The third-order valence-corrected chi connectivity index (χ3v) is 2.75. The Morgan fingerprint density at radius 1 is 1.39 bits per heavy atom. The molecule has 98 valence electrons. The number of aromatic amines is 1. The molecule has 0 radical (unpaired) electrons. The molecule has 8 heteroatoms. The maximum absolute atomic E-state index is 11.8. The molecule has 3 N–H and O–H groups in total. The second-order valence-electron chi connectivity index (χ2n) is 3.79. The van der Waals surface area contributed by atoms with E-state index in [0.717, 1.165) is 0 Å². The first-order chi connectivity index (χ1) is 8.60. The Balaban J connectivity index is 2.79. The number of fused-ring (bicyclic) bond motifs is 1. The van der Waals surface area contributed by atoms with Crippen LogP contribution in [0.1, 0.15) is 6.92 Å². The zero-order valence-corrected chi connectivity index (χ0v) is 10.3. The van der Waals surface area contributed by atoms with E-state index in [1.54, 1.807) is 4.57 Å².